The molecule has 8 rings (SSSR count). The van der Waals surface area contributed by atoms with Crippen molar-refractivity contribution in [3.05, 3.63) is 168 Å². The molecule has 39 heavy (non-hydrogen) atoms. The van der Waals surface area contributed by atoms with Crippen LogP contribution in [0.5, 0.6) is 0 Å². The molecule has 1 nitrogen and oxygen atoms in total. The first-order valence-electron chi connectivity index (χ1n) is 13.3. The first-order valence-corrected chi connectivity index (χ1v) is 13.7. The van der Waals surface area contributed by atoms with Gasteiger partial charge in [0, 0.05) is 0 Å². The standard InChI is InChI=1S/C37H25NS/c39-38(27-20-18-26(19-21-27)25-10-2-1-3-11-25)28-22-23-32-31-14-6-9-17-35(31)37(36(32)24-28)33-15-7-4-12-29(33)30-13-5-8-16-34(30)37/h1-24,39H. The molecule has 0 fully saturated rings. The zero-order valence-electron chi connectivity index (χ0n) is 21.3. The Kier molecular flexibility index (Phi) is 4.89. The zero-order valence-corrected chi connectivity index (χ0v) is 22.1. The summed E-state index contributed by atoms with van der Waals surface area (Å²) < 4.78 is 2.00. The molecular weight excluding hydrogens is 490 g/mol. The largest absolute Gasteiger partial charge is 0.287 e. The number of nitrogens with zero attached hydrogens (tertiary/aromatic N) is 1. The van der Waals surface area contributed by atoms with Crippen LogP contribution in [0.15, 0.2) is 146 Å². The molecule has 2 aliphatic rings. The molecule has 2 heteroatoms. The van der Waals surface area contributed by atoms with Crippen LogP contribution in [0.3, 0.4) is 0 Å². The molecule has 0 heterocycles. The van der Waals surface area contributed by atoms with E-state index < -0.39 is 0 Å². The van der Waals surface area contributed by atoms with Crippen LogP contribution in [-0.2, 0) is 5.41 Å². The minimum Gasteiger partial charge on any atom is -0.287 e. The summed E-state index contributed by atoms with van der Waals surface area (Å²) in [5.41, 5.74) is 14.8. The average Bonchev–Trinajstić information content (AvgIpc) is 3.48. The van der Waals surface area contributed by atoms with Gasteiger partial charge in [-0.1, -0.05) is 134 Å². The second-order valence-electron chi connectivity index (χ2n) is 10.3. The number of thiol groups is 1. The van der Waals surface area contributed by atoms with Gasteiger partial charge in [0.05, 0.1) is 16.8 Å². The van der Waals surface area contributed by atoms with Crippen molar-refractivity contribution in [3.63, 3.8) is 0 Å². The summed E-state index contributed by atoms with van der Waals surface area (Å²) in [7, 11) is 0. The second-order valence-corrected chi connectivity index (χ2v) is 10.7. The monoisotopic (exact) mass is 515 g/mol. The summed E-state index contributed by atoms with van der Waals surface area (Å²) in [6.45, 7) is 0. The lowest BCUT2D eigenvalue weighted by molar-refractivity contribution is 0.794. The van der Waals surface area contributed by atoms with Gasteiger partial charge < -0.3 is 0 Å². The highest BCUT2D eigenvalue weighted by Crippen LogP contribution is 2.63. The van der Waals surface area contributed by atoms with Gasteiger partial charge in [-0.3, -0.25) is 4.31 Å². The maximum absolute atomic E-state index is 5.01. The van der Waals surface area contributed by atoms with Crippen molar-refractivity contribution in [1.82, 2.24) is 0 Å². The minimum atomic E-state index is -0.346. The first-order chi connectivity index (χ1) is 19.3. The Morgan fingerprint density at radius 2 is 0.821 bits per heavy atom. The van der Waals surface area contributed by atoms with E-state index in [4.69, 9.17) is 12.8 Å². The molecule has 0 radical (unpaired) electrons. The number of fused-ring (bicyclic) bond motifs is 10. The van der Waals surface area contributed by atoms with Crippen molar-refractivity contribution >= 4 is 24.2 Å². The molecule has 6 aromatic carbocycles. The second kappa shape index (κ2) is 8.49. The van der Waals surface area contributed by atoms with Gasteiger partial charge in [0.2, 0.25) is 0 Å². The van der Waals surface area contributed by atoms with E-state index in [0.717, 1.165) is 11.4 Å². The number of benzene rings is 6. The van der Waals surface area contributed by atoms with Crippen LogP contribution in [0.2, 0.25) is 0 Å². The van der Waals surface area contributed by atoms with Gasteiger partial charge in [-0.15, -0.1) is 0 Å². The molecule has 0 aliphatic heterocycles. The van der Waals surface area contributed by atoms with E-state index in [1.165, 1.54) is 55.6 Å². The zero-order chi connectivity index (χ0) is 26.0. The Balaban J connectivity index is 1.31. The Morgan fingerprint density at radius 1 is 0.385 bits per heavy atom. The van der Waals surface area contributed by atoms with Gasteiger partial charge >= 0.3 is 0 Å². The van der Waals surface area contributed by atoms with Crippen molar-refractivity contribution in [2.24, 2.45) is 0 Å². The predicted molar refractivity (Wildman–Crippen MR) is 166 cm³/mol. The summed E-state index contributed by atoms with van der Waals surface area (Å²) in [5, 5.41) is 0. The summed E-state index contributed by atoms with van der Waals surface area (Å²) in [6.07, 6.45) is 0. The molecular formula is C37H25NS. The van der Waals surface area contributed by atoms with Crippen LogP contribution < -0.4 is 4.31 Å². The molecule has 2 aliphatic carbocycles. The van der Waals surface area contributed by atoms with Crippen molar-refractivity contribution in [1.29, 1.82) is 0 Å². The molecule has 184 valence electrons. The van der Waals surface area contributed by atoms with Gasteiger partial charge in [-0.25, -0.2) is 0 Å². The summed E-state index contributed by atoms with van der Waals surface area (Å²) in [5.74, 6) is 0. The summed E-state index contributed by atoms with van der Waals surface area (Å²) >= 11 is 5.01. The fourth-order valence-corrected chi connectivity index (χ4v) is 7.05. The lowest BCUT2D eigenvalue weighted by Gasteiger charge is -2.31. The first kappa shape index (κ1) is 22.5. The number of hydrogen-bond donors (Lipinski definition) is 1. The number of rotatable bonds is 3. The third-order valence-corrected chi connectivity index (χ3v) is 8.91. The maximum atomic E-state index is 5.01. The van der Waals surface area contributed by atoms with E-state index in [1.54, 1.807) is 0 Å². The van der Waals surface area contributed by atoms with Gasteiger partial charge in [0.25, 0.3) is 0 Å². The van der Waals surface area contributed by atoms with Crippen molar-refractivity contribution in [3.8, 4) is 33.4 Å². The summed E-state index contributed by atoms with van der Waals surface area (Å²) in [6, 6.07) is 52.7. The average molecular weight is 516 g/mol. The molecule has 0 unspecified atom stereocenters. The lowest BCUT2D eigenvalue weighted by Crippen LogP contribution is -2.26. The van der Waals surface area contributed by atoms with E-state index in [0.29, 0.717) is 0 Å². The molecule has 6 aromatic rings. The molecule has 0 N–H and O–H groups in total. The van der Waals surface area contributed by atoms with Gasteiger partial charge in [0.15, 0.2) is 0 Å². The topological polar surface area (TPSA) is 3.24 Å². The van der Waals surface area contributed by atoms with E-state index in [1.807, 2.05) is 10.4 Å². The highest BCUT2D eigenvalue weighted by molar-refractivity contribution is 7.82. The van der Waals surface area contributed by atoms with Crippen LogP contribution in [0.25, 0.3) is 33.4 Å². The SMILES string of the molecule is SN(c1ccc(-c2ccccc2)cc1)c1ccc2c(c1)C1(c3ccccc3-c3ccccc31)c1ccccc1-2. The molecule has 0 atom stereocenters. The molecule has 0 saturated carbocycles. The fraction of sp³-hybridized carbons (Fsp3) is 0.0270. The van der Waals surface area contributed by atoms with Crippen LogP contribution in [-0.4, -0.2) is 0 Å². The highest BCUT2D eigenvalue weighted by Gasteiger charge is 2.51. The molecule has 0 bridgehead atoms. The quantitative estimate of drug-likeness (QED) is 0.229. The van der Waals surface area contributed by atoms with Crippen LogP contribution in [0.1, 0.15) is 22.3 Å². The molecule has 0 saturated heterocycles. The van der Waals surface area contributed by atoms with E-state index in [-0.39, 0.29) is 5.41 Å². The van der Waals surface area contributed by atoms with Crippen LogP contribution >= 0.6 is 12.8 Å². The van der Waals surface area contributed by atoms with Gasteiger partial charge in [-0.05, 0) is 79.9 Å². The molecule has 0 aromatic heterocycles. The van der Waals surface area contributed by atoms with Crippen molar-refractivity contribution in [2.45, 2.75) is 5.41 Å². The Labute approximate surface area is 234 Å². The van der Waals surface area contributed by atoms with E-state index in [2.05, 4.69) is 140 Å². The van der Waals surface area contributed by atoms with Gasteiger partial charge in [-0.2, -0.15) is 0 Å². The third-order valence-electron chi connectivity index (χ3n) is 8.44. The van der Waals surface area contributed by atoms with Crippen molar-refractivity contribution in [2.75, 3.05) is 4.31 Å². The Morgan fingerprint density at radius 3 is 1.38 bits per heavy atom. The fourth-order valence-electron chi connectivity index (χ4n) is 6.79. The normalized spacial score (nSPS) is 13.5. The minimum absolute atomic E-state index is 0.346. The Hall–Kier alpha value is -4.53. The highest BCUT2D eigenvalue weighted by atomic mass is 32.1. The van der Waals surface area contributed by atoms with E-state index in [9.17, 15) is 0 Å². The number of anilines is 2. The smallest absolute Gasteiger partial charge is 0.0726 e. The molecule has 1 spiro atoms. The maximum Gasteiger partial charge on any atom is 0.0726 e. The summed E-state index contributed by atoms with van der Waals surface area (Å²) in [4.78, 5) is 0. The van der Waals surface area contributed by atoms with Crippen LogP contribution in [0.4, 0.5) is 11.4 Å². The lowest BCUT2D eigenvalue weighted by atomic mass is 9.70. The third kappa shape index (κ3) is 3.10. The van der Waals surface area contributed by atoms with Crippen LogP contribution in [0, 0.1) is 0 Å². The van der Waals surface area contributed by atoms with Crippen molar-refractivity contribution < 1.29 is 0 Å². The number of hydrogen-bond acceptors (Lipinski definition) is 2. The predicted octanol–water partition coefficient (Wildman–Crippen LogP) is 9.68. The van der Waals surface area contributed by atoms with Gasteiger partial charge in [0.1, 0.15) is 0 Å². The Bertz CT molecular complexity index is 1810. The van der Waals surface area contributed by atoms with E-state index >= 15 is 0 Å². The molecule has 0 amide bonds.